The maximum Gasteiger partial charge on any atom is 0.307 e. The first-order chi connectivity index (χ1) is 6.75. The summed E-state index contributed by atoms with van der Waals surface area (Å²) in [6, 6.07) is 0. The van der Waals surface area contributed by atoms with Crippen molar-refractivity contribution < 1.29 is 9.53 Å². The van der Waals surface area contributed by atoms with Gasteiger partial charge in [0.05, 0.1) is 0 Å². The summed E-state index contributed by atoms with van der Waals surface area (Å²) in [7, 11) is 0. The first-order valence-electron chi connectivity index (χ1n) is 5.32. The third-order valence-corrected chi connectivity index (χ3v) is 3.80. The predicted octanol–water partition coefficient (Wildman–Crippen LogP) is 2.28. The third-order valence-electron chi connectivity index (χ3n) is 3.80. The highest BCUT2D eigenvalue weighted by Crippen LogP contribution is 2.55. The minimum atomic E-state index is -0.177. The molecule has 0 N–H and O–H groups in total. The van der Waals surface area contributed by atoms with Crippen LogP contribution in [0.1, 0.15) is 19.8 Å². The Hall–Kier alpha value is -1.05. The van der Waals surface area contributed by atoms with E-state index in [1.165, 1.54) is 13.3 Å². The lowest BCUT2D eigenvalue weighted by molar-refractivity contribution is -0.137. The Morgan fingerprint density at radius 2 is 2.21 bits per heavy atom. The van der Waals surface area contributed by atoms with Gasteiger partial charge in [0.1, 0.15) is 5.76 Å². The molecule has 0 aliphatic heterocycles. The summed E-state index contributed by atoms with van der Waals surface area (Å²) in [5, 5.41) is 0. The number of fused-ring (bicyclic) bond motifs is 5. The molecule has 0 aromatic carbocycles. The van der Waals surface area contributed by atoms with Gasteiger partial charge in [-0.15, -0.1) is 0 Å². The van der Waals surface area contributed by atoms with Crippen molar-refractivity contribution >= 4 is 5.97 Å². The third kappa shape index (κ3) is 0.999. The summed E-state index contributed by atoms with van der Waals surface area (Å²) in [5.74, 6) is 3.38. The van der Waals surface area contributed by atoms with Gasteiger partial charge in [0, 0.05) is 12.8 Å². The fourth-order valence-electron chi connectivity index (χ4n) is 3.33. The zero-order valence-corrected chi connectivity index (χ0v) is 8.27. The van der Waals surface area contributed by atoms with Crippen LogP contribution >= 0.6 is 0 Å². The molecule has 0 aromatic rings. The van der Waals surface area contributed by atoms with E-state index in [-0.39, 0.29) is 5.97 Å². The molecule has 0 heterocycles. The van der Waals surface area contributed by atoms with Crippen molar-refractivity contribution in [3.05, 3.63) is 24.0 Å². The first-order valence-corrected chi connectivity index (χ1v) is 5.32. The summed E-state index contributed by atoms with van der Waals surface area (Å²) in [4.78, 5) is 10.9. The molecule has 2 nitrogen and oxygen atoms in total. The molecule has 4 unspecified atom stereocenters. The van der Waals surface area contributed by atoms with Crippen molar-refractivity contribution in [3.8, 4) is 0 Å². The van der Waals surface area contributed by atoms with E-state index in [1.807, 2.05) is 0 Å². The number of rotatable bonds is 1. The largest absolute Gasteiger partial charge is 0.431 e. The van der Waals surface area contributed by atoms with E-state index in [1.54, 1.807) is 0 Å². The van der Waals surface area contributed by atoms with Gasteiger partial charge < -0.3 is 4.74 Å². The summed E-state index contributed by atoms with van der Waals surface area (Å²) < 4.78 is 5.27. The van der Waals surface area contributed by atoms with Crippen molar-refractivity contribution in [1.29, 1.82) is 0 Å². The Morgan fingerprint density at radius 3 is 3.00 bits per heavy atom. The van der Waals surface area contributed by atoms with Gasteiger partial charge in [0.25, 0.3) is 0 Å². The summed E-state index contributed by atoms with van der Waals surface area (Å²) in [6.45, 7) is 1.48. The lowest BCUT2D eigenvalue weighted by Gasteiger charge is -2.22. The molecule has 3 rings (SSSR count). The molecule has 0 amide bonds. The fourth-order valence-corrected chi connectivity index (χ4v) is 3.33. The average molecular weight is 190 g/mol. The lowest BCUT2D eigenvalue weighted by atomic mass is 9.85. The molecule has 1 fully saturated rings. The van der Waals surface area contributed by atoms with E-state index in [2.05, 4.69) is 18.2 Å². The predicted molar refractivity (Wildman–Crippen MR) is 52.2 cm³/mol. The smallest absolute Gasteiger partial charge is 0.307 e. The van der Waals surface area contributed by atoms with Crippen molar-refractivity contribution in [2.24, 2.45) is 23.7 Å². The second kappa shape index (κ2) is 2.72. The number of esters is 1. The first kappa shape index (κ1) is 8.27. The zero-order chi connectivity index (χ0) is 9.71. The quantitative estimate of drug-likeness (QED) is 0.468. The zero-order valence-electron chi connectivity index (χ0n) is 8.27. The van der Waals surface area contributed by atoms with E-state index >= 15 is 0 Å². The minimum absolute atomic E-state index is 0.177. The highest BCUT2D eigenvalue weighted by Gasteiger charge is 2.49. The fraction of sp³-hybridized carbons (Fsp3) is 0.583. The van der Waals surface area contributed by atoms with Gasteiger partial charge in [0.15, 0.2) is 0 Å². The second-order valence-corrected chi connectivity index (χ2v) is 4.57. The van der Waals surface area contributed by atoms with Crippen LogP contribution in [-0.4, -0.2) is 5.97 Å². The Morgan fingerprint density at radius 1 is 1.43 bits per heavy atom. The molecule has 0 radical (unpaired) electrons. The van der Waals surface area contributed by atoms with Crippen molar-refractivity contribution in [1.82, 2.24) is 0 Å². The van der Waals surface area contributed by atoms with Crippen LogP contribution in [0, 0.1) is 23.7 Å². The number of carbonyl (C=O) groups is 1. The van der Waals surface area contributed by atoms with Crippen LogP contribution in [0.3, 0.4) is 0 Å². The maximum atomic E-state index is 10.9. The van der Waals surface area contributed by atoms with Crippen molar-refractivity contribution in [3.63, 3.8) is 0 Å². The van der Waals surface area contributed by atoms with E-state index in [0.29, 0.717) is 11.8 Å². The molecule has 1 saturated carbocycles. The van der Waals surface area contributed by atoms with Crippen LogP contribution in [0.5, 0.6) is 0 Å². The Kier molecular flexibility index (Phi) is 1.61. The van der Waals surface area contributed by atoms with Gasteiger partial charge in [-0.2, -0.15) is 0 Å². The minimum Gasteiger partial charge on any atom is -0.431 e. The standard InChI is InChI=1S/C12H14O2/c1-7(13)14-11-5-4-10-8-2-3-9(6-8)12(10)11/h2-3,5,8-10,12H,4,6H2,1H3. The maximum absolute atomic E-state index is 10.9. The van der Waals surface area contributed by atoms with Gasteiger partial charge >= 0.3 is 5.97 Å². The number of ether oxygens (including phenoxy) is 1. The summed E-state index contributed by atoms with van der Waals surface area (Å²) in [5.41, 5.74) is 0. The van der Waals surface area contributed by atoms with Crippen LogP contribution in [0.4, 0.5) is 0 Å². The highest BCUT2D eigenvalue weighted by atomic mass is 16.5. The number of hydrogen-bond acceptors (Lipinski definition) is 2. The summed E-state index contributed by atoms with van der Waals surface area (Å²) >= 11 is 0. The van der Waals surface area contributed by atoms with Gasteiger partial charge in [-0.05, 0) is 36.7 Å². The molecule has 3 aliphatic rings. The van der Waals surface area contributed by atoms with Gasteiger partial charge in [-0.1, -0.05) is 12.2 Å². The molecule has 0 saturated heterocycles. The Balaban J connectivity index is 1.84. The molecule has 2 bridgehead atoms. The van der Waals surface area contributed by atoms with Crippen molar-refractivity contribution in [2.45, 2.75) is 19.8 Å². The lowest BCUT2D eigenvalue weighted by Crippen LogP contribution is -2.18. The van der Waals surface area contributed by atoms with Gasteiger partial charge in [-0.3, -0.25) is 4.79 Å². The Labute approximate surface area is 83.6 Å². The summed E-state index contributed by atoms with van der Waals surface area (Å²) in [6.07, 6.45) is 9.13. The molecular weight excluding hydrogens is 176 g/mol. The Bertz CT molecular complexity index is 340. The molecule has 4 atom stereocenters. The molecule has 14 heavy (non-hydrogen) atoms. The topological polar surface area (TPSA) is 26.3 Å². The second-order valence-electron chi connectivity index (χ2n) is 4.57. The molecule has 2 heteroatoms. The van der Waals surface area contributed by atoms with Gasteiger partial charge in [0.2, 0.25) is 0 Å². The monoisotopic (exact) mass is 190 g/mol. The van der Waals surface area contributed by atoms with Crippen molar-refractivity contribution in [2.75, 3.05) is 0 Å². The van der Waals surface area contributed by atoms with Crippen LogP contribution in [-0.2, 0) is 9.53 Å². The van der Waals surface area contributed by atoms with E-state index in [9.17, 15) is 4.79 Å². The molecule has 3 aliphatic carbocycles. The molecular formula is C12H14O2. The SMILES string of the molecule is CC(=O)OC1=CCC2C3C=CC(C3)C12. The highest BCUT2D eigenvalue weighted by molar-refractivity contribution is 5.67. The van der Waals surface area contributed by atoms with Crippen LogP contribution < -0.4 is 0 Å². The van der Waals surface area contributed by atoms with E-state index < -0.39 is 0 Å². The van der Waals surface area contributed by atoms with E-state index in [4.69, 9.17) is 4.74 Å². The number of carbonyl (C=O) groups excluding carboxylic acids is 1. The number of allylic oxidation sites excluding steroid dienone is 4. The molecule has 0 spiro atoms. The van der Waals surface area contributed by atoms with Crippen LogP contribution in [0.15, 0.2) is 24.0 Å². The molecule has 0 aromatic heterocycles. The van der Waals surface area contributed by atoms with E-state index in [0.717, 1.165) is 24.0 Å². The number of hydrogen-bond donors (Lipinski definition) is 0. The average Bonchev–Trinajstić information content (AvgIpc) is 2.74. The van der Waals surface area contributed by atoms with Crippen LogP contribution in [0.25, 0.3) is 0 Å². The normalized spacial score (nSPS) is 42.5. The molecule has 74 valence electrons. The van der Waals surface area contributed by atoms with Crippen LogP contribution in [0.2, 0.25) is 0 Å². The van der Waals surface area contributed by atoms with Gasteiger partial charge in [-0.25, -0.2) is 0 Å².